The molecule has 0 unspecified atom stereocenters. The maximum Gasteiger partial charge on any atom is 4.00 e. The normalized spacial score (nSPS) is 8.83. The summed E-state index contributed by atoms with van der Waals surface area (Å²) >= 11 is 0. The Morgan fingerprint density at radius 1 is 0.696 bits per heavy atom. The van der Waals surface area contributed by atoms with Gasteiger partial charge in [-0.3, -0.25) is 0 Å². The Bertz CT molecular complexity index is 230. The Hall–Kier alpha value is 0.247. The Labute approximate surface area is 165 Å². The molecule has 134 valence electrons. The summed E-state index contributed by atoms with van der Waals surface area (Å²) in [5.41, 5.74) is 0. The first-order valence-electron chi connectivity index (χ1n) is 8.34. The number of rotatable bonds is 7. The molecule has 0 aromatic heterocycles. The minimum atomic E-state index is -1.37. The van der Waals surface area contributed by atoms with Gasteiger partial charge in [-0.15, -0.1) is 5.19 Å². The summed E-state index contributed by atoms with van der Waals surface area (Å²) in [4.78, 5) is 0. The van der Waals surface area contributed by atoms with Crippen LogP contribution in [0.1, 0.15) is 41.5 Å². The second kappa shape index (κ2) is 33.8. The van der Waals surface area contributed by atoms with Crippen molar-refractivity contribution < 1.29 is 30.0 Å². The van der Waals surface area contributed by atoms with Crippen molar-refractivity contribution in [3.05, 3.63) is 40.2 Å². The third kappa shape index (κ3) is 39.2. The van der Waals surface area contributed by atoms with E-state index in [4.69, 9.17) is 0 Å². The first-order valence-corrected chi connectivity index (χ1v) is 9.58. The summed E-state index contributed by atoms with van der Waals surface area (Å²) in [5.74, 6) is 0. The summed E-state index contributed by atoms with van der Waals surface area (Å²) in [5, 5.41) is 12.8. The summed E-state index contributed by atoms with van der Waals surface area (Å²) < 4.78 is 11.7. The molecule has 0 bridgehead atoms. The van der Waals surface area contributed by atoms with Gasteiger partial charge in [-0.1, -0.05) is 41.5 Å². The van der Waals surface area contributed by atoms with Crippen LogP contribution in [0, 0.1) is 0 Å². The van der Waals surface area contributed by atoms with Gasteiger partial charge in [0.05, 0.1) is 0 Å². The van der Waals surface area contributed by atoms with Gasteiger partial charge in [-0.25, -0.2) is 12.1 Å². The van der Waals surface area contributed by atoms with E-state index in [9.17, 15) is 4.11 Å². The molecule has 3 nitrogen and oxygen atoms in total. The molecule has 0 fully saturated rings. The number of hydrogen-bond donors (Lipinski definition) is 0. The van der Waals surface area contributed by atoms with E-state index >= 15 is 0 Å². The fourth-order valence-corrected chi connectivity index (χ4v) is 1.62. The van der Waals surface area contributed by atoms with E-state index in [0.29, 0.717) is 0 Å². The molecule has 0 aliphatic carbocycles. The topological polar surface area (TPSA) is 42.3 Å². The van der Waals surface area contributed by atoms with Crippen LogP contribution in [0.3, 0.4) is 0 Å². The Morgan fingerprint density at radius 3 is 1.04 bits per heavy atom. The molecule has 0 atom stereocenters. The van der Waals surface area contributed by atoms with Crippen LogP contribution < -0.4 is 5.19 Å². The Morgan fingerprint density at radius 2 is 0.957 bits per heavy atom. The SMILES string of the molecule is CC[N-]CC.CC[N-]CC.CC[N-]CC.F[SiH2][c-]1cccc1.[Hf+4]. The summed E-state index contributed by atoms with van der Waals surface area (Å²) in [6, 6.07) is 7.38. The van der Waals surface area contributed by atoms with E-state index in [2.05, 4.69) is 16.0 Å². The van der Waals surface area contributed by atoms with Crippen molar-refractivity contribution in [2.24, 2.45) is 0 Å². The van der Waals surface area contributed by atoms with Crippen molar-refractivity contribution in [1.29, 1.82) is 0 Å². The zero-order valence-corrected chi connectivity index (χ0v) is 21.0. The minimum Gasteiger partial charge on any atom is -0.663 e. The molecular formula is C17H36FHfN3Si. The second-order valence-corrected chi connectivity index (χ2v) is 5.08. The molecule has 0 aliphatic rings. The van der Waals surface area contributed by atoms with E-state index in [0.717, 1.165) is 44.5 Å². The first kappa shape index (κ1) is 31.1. The molecule has 0 radical (unpaired) electrons. The van der Waals surface area contributed by atoms with Crippen molar-refractivity contribution in [3.63, 3.8) is 0 Å². The molecule has 0 heterocycles. The molecule has 0 saturated carbocycles. The predicted octanol–water partition coefficient (Wildman–Crippen LogP) is 4.28. The van der Waals surface area contributed by atoms with Crippen molar-refractivity contribution >= 4 is 15.0 Å². The molecule has 1 aromatic carbocycles. The van der Waals surface area contributed by atoms with Gasteiger partial charge in [-0.05, 0) is 0 Å². The van der Waals surface area contributed by atoms with Crippen LogP contribution in [0.2, 0.25) is 0 Å². The quantitative estimate of drug-likeness (QED) is 0.300. The molecule has 23 heavy (non-hydrogen) atoms. The van der Waals surface area contributed by atoms with Crippen LogP contribution in [0.15, 0.2) is 24.3 Å². The molecule has 0 amide bonds. The van der Waals surface area contributed by atoms with Crippen LogP contribution in [-0.4, -0.2) is 49.1 Å². The Kier molecular flexibility index (Phi) is 45.6. The van der Waals surface area contributed by atoms with Gasteiger partial charge in [0, 0.05) is 0 Å². The monoisotopic (exact) mass is 509 g/mol. The van der Waals surface area contributed by atoms with Crippen LogP contribution in [0.5, 0.6) is 0 Å². The molecule has 1 rings (SSSR count). The average Bonchev–Trinajstić information content (AvgIpc) is 3.05. The smallest absolute Gasteiger partial charge is 0.663 e. The maximum atomic E-state index is 11.7. The van der Waals surface area contributed by atoms with Crippen molar-refractivity contribution in [2.75, 3.05) is 39.3 Å². The molecular weight excluding hydrogens is 472 g/mol. The fraction of sp³-hybridized carbons (Fsp3) is 0.706. The second-order valence-electron chi connectivity index (χ2n) is 3.99. The molecule has 1 aromatic rings. The van der Waals surface area contributed by atoms with Crippen LogP contribution >= 0.6 is 0 Å². The maximum absolute atomic E-state index is 11.7. The zero-order valence-electron chi connectivity index (χ0n) is 16.0. The Balaban J connectivity index is -0.000000105. The van der Waals surface area contributed by atoms with Crippen LogP contribution in [-0.2, 0) is 25.8 Å². The largest absolute Gasteiger partial charge is 4.00 e. The van der Waals surface area contributed by atoms with E-state index in [1.165, 1.54) is 0 Å². The number of hydrogen-bond acceptors (Lipinski definition) is 0. The number of nitrogens with zero attached hydrogens (tertiary/aromatic N) is 3. The summed E-state index contributed by atoms with van der Waals surface area (Å²) in [6.07, 6.45) is 0. The van der Waals surface area contributed by atoms with Crippen molar-refractivity contribution in [3.8, 4) is 0 Å². The number of halogens is 1. The third-order valence-corrected chi connectivity index (χ3v) is 3.01. The van der Waals surface area contributed by atoms with E-state index in [-0.39, 0.29) is 25.8 Å². The fourth-order valence-electron chi connectivity index (χ4n) is 1.17. The van der Waals surface area contributed by atoms with Crippen molar-refractivity contribution in [1.82, 2.24) is 0 Å². The van der Waals surface area contributed by atoms with E-state index < -0.39 is 9.85 Å². The standard InChI is InChI=1S/C5H6FSi.3C4H10N.Hf/c6-7-5-3-1-2-4-5;3*1-3-5-4-2;/h1-4H,7H2;3*3-4H2,1-2H3;/q4*-1;+4. The summed E-state index contributed by atoms with van der Waals surface area (Å²) in [7, 11) is -1.37. The van der Waals surface area contributed by atoms with Crippen LogP contribution in [0.4, 0.5) is 4.11 Å². The molecule has 0 N–H and O–H groups in total. The molecule has 0 spiro atoms. The van der Waals surface area contributed by atoms with Gasteiger partial charge < -0.3 is 20.1 Å². The van der Waals surface area contributed by atoms with Gasteiger partial charge in [0.25, 0.3) is 0 Å². The van der Waals surface area contributed by atoms with Crippen molar-refractivity contribution in [2.45, 2.75) is 41.5 Å². The van der Waals surface area contributed by atoms with Crippen LogP contribution in [0.25, 0.3) is 16.0 Å². The summed E-state index contributed by atoms with van der Waals surface area (Å²) in [6.45, 7) is 18.1. The molecule has 6 heteroatoms. The third-order valence-electron chi connectivity index (χ3n) is 2.23. The van der Waals surface area contributed by atoms with Gasteiger partial charge in [0.2, 0.25) is 0 Å². The van der Waals surface area contributed by atoms with Gasteiger partial charge in [0.1, 0.15) is 0 Å². The minimum absolute atomic E-state index is 0. The average molecular weight is 508 g/mol. The predicted molar refractivity (Wildman–Crippen MR) is 105 cm³/mol. The van der Waals surface area contributed by atoms with E-state index in [1.807, 2.05) is 65.8 Å². The van der Waals surface area contributed by atoms with E-state index in [1.54, 1.807) is 0 Å². The molecule has 0 aliphatic heterocycles. The van der Waals surface area contributed by atoms with Gasteiger partial charge in [-0.2, -0.15) is 51.4 Å². The van der Waals surface area contributed by atoms with Gasteiger partial charge in [0.15, 0.2) is 9.85 Å². The first-order chi connectivity index (χ1) is 10.7. The van der Waals surface area contributed by atoms with Gasteiger partial charge >= 0.3 is 25.8 Å². The molecule has 0 saturated heterocycles. The zero-order chi connectivity index (χ0) is 17.5.